The molecule has 22 heavy (non-hydrogen) atoms. The maximum atomic E-state index is 10.6. The zero-order chi connectivity index (χ0) is 15.5. The fraction of sp³-hybridized carbons (Fsp3) is 0. The number of azo groups is 1. The first-order chi connectivity index (χ1) is 10.6. The number of rotatable bonds is 4. The molecule has 0 aliphatic heterocycles. The molecule has 0 radical (unpaired) electrons. The predicted octanol–water partition coefficient (Wildman–Crippen LogP) is 4.31. The Morgan fingerprint density at radius 3 is 2.64 bits per heavy atom. The molecule has 9 heteroatoms. The van der Waals surface area contributed by atoms with Crippen LogP contribution in [-0.2, 0) is 0 Å². The van der Waals surface area contributed by atoms with Crippen molar-refractivity contribution in [2.24, 2.45) is 10.2 Å². The molecule has 0 unspecified atom stereocenters. The Labute approximate surface area is 128 Å². The van der Waals surface area contributed by atoms with Gasteiger partial charge in [0.05, 0.1) is 16.9 Å². The Morgan fingerprint density at radius 2 is 2.00 bits per heavy atom. The molecule has 0 fully saturated rings. The van der Waals surface area contributed by atoms with Gasteiger partial charge in [-0.05, 0) is 24.3 Å². The minimum Gasteiger partial charge on any atom is -0.463 e. The molecule has 8 nitrogen and oxygen atoms in total. The van der Waals surface area contributed by atoms with Gasteiger partial charge in [-0.25, -0.2) is 4.98 Å². The minimum atomic E-state index is -0.472. The van der Waals surface area contributed by atoms with Crippen LogP contribution in [0.15, 0.2) is 57.3 Å². The van der Waals surface area contributed by atoms with Crippen LogP contribution < -0.4 is 5.73 Å². The van der Waals surface area contributed by atoms with E-state index in [0.29, 0.717) is 27.3 Å². The van der Waals surface area contributed by atoms with Gasteiger partial charge in [0.2, 0.25) is 0 Å². The number of nitro groups is 1. The quantitative estimate of drug-likeness (QED) is 0.437. The third-order valence-electron chi connectivity index (χ3n) is 2.70. The van der Waals surface area contributed by atoms with Gasteiger partial charge in [-0.1, -0.05) is 11.3 Å². The van der Waals surface area contributed by atoms with Gasteiger partial charge in [-0.3, -0.25) is 10.1 Å². The van der Waals surface area contributed by atoms with Crippen LogP contribution >= 0.6 is 11.3 Å². The van der Waals surface area contributed by atoms with Gasteiger partial charge < -0.3 is 10.2 Å². The first-order valence-corrected chi connectivity index (χ1v) is 6.91. The SMILES string of the molecule is Nc1nc(-c2ccco2)c(N=Nc2ccc([N+](=O)[O-])cc2)s1. The maximum Gasteiger partial charge on any atom is 0.269 e. The van der Waals surface area contributed by atoms with Crippen LogP contribution in [0.1, 0.15) is 0 Å². The zero-order valence-corrected chi connectivity index (χ0v) is 11.9. The van der Waals surface area contributed by atoms with Crippen molar-refractivity contribution < 1.29 is 9.34 Å². The van der Waals surface area contributed by atoms with Crippen molar-refractivity contribution in [1.82, 2.24) is 4.98 Å². The summed E-state index contributed by atoms with van der Waals surface area (Å²) in [4.78, 5) is 14.3. The van der Waals surface area contributed by atoms with Gasteiger partial charge >= 0.3 is 0 Å². The highest BCUT2D eigenvalue weighted by Gasteiger charge is 2.14. The molecule has 0 spiro atoms. The zero-order valence-electron chi connectivity index (χ0n) is 11.0. The average Bonchev–Trinajstić information content (AvgIpc) is 3.14. The summed E-state index contributed by atoms with van der Waals surface area (Å²) in [6, 6.07) is 9.24. The molecule has 0 amide bonds. The first-order valence-electron chi connectivity index (χ1n) is 6.10. The van der Waals surface area contributed by atoms with Crippen molar-refractivity contribution in [2.45, 2.75) is 0 Å². The van der Waals surface area contributed by atoms with E-state index in [-0.39, 0.29) is 5.69 Å². The first kappa shape index (κ1) is 13.9. The number of thiazole rings is 1. The summed E-state index contributed by atoms with van der Waals surface area (Å²) in [6.07, 6.45) is 1.53. The monoisotopic (exact) mass is 315 g/mol. The fourth-order valence-corrected chi connectivity index (χ4v) is 2.37. The van der Waals surface area contributed by atoms with Gasteiger partial charge in [0.1, 0.15) is 5.69 Å². The minimum absolute atomic E-state index is 0.00254. The number of furan rings is 1. The largest absolute Gasteiger partial charge is 0.463 e. The average molecular weight is 315 g/mol. The molecular formula is C13H9N5O3S. The summed E-state index contributed by atoms with van der Waals surface area (Å²) < 4.78 is 5.28. The van der Waals surface area contributed by atoms with Crippen LogP contribution in [0.3, 0.4) is 0 Å². The number of hydrogen-bond donors (Lipinski definition) is 1. The number of benzene rings is 1. The number of nitrogens with zero attached hydrogens (tertiary/aromatic N) is 4. The number of non-ortho nitro benzene ring substituents is 1. The van der Waals surface area contributed by atoms with Gasteiger partial charge in [-0.2, -0.15) is 0 Å². The Bertz CT molecular complexity index is 824. The highest BCUT2D eigenvalue weighted by atomic mass is 32.1. The summed E-state index contributed by atoms with van der Waals surface area (Å²) in [5.74, 6) is 0.547. The summed E-state index contributed by atoms with van der Waals surface area (Å²) in [7, 11) is 0. The molecule has 110 valence electrons. The predicted molar refractivity (Wildman–Crippen MR) is 81.5 cm³/mol. The normalized spacial score (nSPS) is 11.1. The molecule has 1 aromatic carbocycles. The van der Waals surface area contributed by atoms with E-state index >= 15 is 0 Å². The smallest absolute Gasteiger partial charge is 0.269 e. The van der Waals surface area contributed by atoms with E-state index in [9.17, 15) is 10.1 Å². The third-order valence-corrected chi connectivity index (χ3v) is 3.47. The van der Waals surface area contributed by atoms with Crippen molar-refractivity contribution in [3.63, 3.8) is 0 Å². The van der Waals surface area contributed by atoms with E-state index in [1.54, 1.807) is 12.1 Å². The number of hydrogen-bond acceptors (Lipinski definition) is 8. The molecule has 3 aromatic rings. The van der Waals surface area contributed by atoms with Crippen molar-refractivity contribution in [3.8, 4) is 11.5 Å². The molecule has 3 rings (SSSR count). The van der Waals surface area contributed by atoms with Crippen LogP contribution in [0, 0.1) is 10.1 Å². The number of nitrogen functional groups attached to an aromatic ring is 1. The van der Waals surface area contributed by atoms with Gasteiger partial charge in [0, 0.05) is 12.1 Å². The Hall–Kier alpha value is -3.07. The lowest BCUT2D eigenvalue weighted by atomic mass is 10.3. The Morgan fingerprint density at radius 1 is 1.23 bits per heavy atom. The van der Waals surface area contributed by atoms with Gasteiger partial charge in [0.25, 0.3) is 5.69 Å². The standard InChI is InChI=1S/C13H9N5O3S/c14-13-15-11(10-2-1-7-21-10)12(22-13)17-16-8-3-5-9(6-4-8)18(19)20/h1-7H,(H2,14,15). The molecule has 0 saturated heterocycles. The molecule has 0 saturated carbocycles. The van der Waals surface area contributed by atoms with E-state index in [1.807, 2.05) is 0 Å². The molecule has 0 aliphatic rings. The van der Waals surface area contributed by atoms with E-state index in [2.05, 4.69) is 15.2 Å². The highest BCUT2D eigenvalue weighted by molar-refractivity contribution is 7.19. The lowest BCUT2D eigenvalue weighted by molar-refractivity contribution is -0.384. The second-order valence-corrected chi connectivity index (χ2v) is 5.17. The van der Waals surface area contributed by atoms with Crippen LogP contribution in [0.2, 0.25) is 0 Å². The van der Waals surface area contributed by atoms with Crippen LogP contribution in [0.5, 0.6) is 0 Å². The lowest BCUT2D eigenvalue weighted by Gasteiger charge is -1.93. The van der Waals surface area contributed by atoms with Crippen molar-refractivity contribution in [1.29, 1.82) is 0 Å². The Kier molecular flexibility index (Phi) is 3.62. The van der Waals surface area contributed by atoms with Crippen molar-refractivity contribution in [2.75, 3.05) is 5.73 Å². The molecule has 2 heterocycles. The third kappa shape index (κ3) is 2.83. The molecular weight excluding hydrogens is 306 g/mol. The van der Waals surface area contributed by atoms with Gasteiger partial charge in [-0.15, -0.1) is 10.2 Å². The fourth-order valence-electron chi connectivity index (χ4n) is 1.71. The number of anilines is 1. The number of nitrogens with two attached hydrogens (primary N) is 1. The number of nitro benzene ring substituents is 1. The molecule has 0 bridgehead atoms. The summed E-state index contributed by atoms with van der Waals surface area (Å²) in [5.41, 5.74) is 6.70. The summed E-state index contributed by atoms with van der Waals surface area (Å²) in [5, 5.41) is 19.6. The molecule has 0 aliphatic carbocycles. The Balaban J connectivity index is 1.88. The second-order valence-electron chi connectivity index (χ2n) is 4.16. The molecule has 0 atom stereocenters. The van der Waals surface area contributed by atoms with Crippen LogP contribution in [0.25, 0.3) is 11.5 Å². The summed E-state index contributed by atoms with van der Waals surface area (Å²) >= 11 is 1.18. The topological polar surface area (TPSA) is 120 Å². The maximum absolute atomic E-state index is 10.6. The van der Waals surface area contributed by atoms with E-state index in [1.165, 1.54) is 41.9 Å². The van der Waals surface area contributed by atoms with Crippen LogP contribution in [-0.4, -0.2) is 9.91 Å². The van der Waals surface area contributed by atoms with Gasteiger partial charge in [0.15, 0.2) is 15.9 Å². The highest BCUT2D eigenvalue weighted by Crippen LogP contribution is 2.37. The van der Waals surface area contributed by atoms with E-state index < -0.39 is 4.92 Å². The van der Waals surface area contributed by atoms with Crippen molar-refractivity contribution >= 4 is 32.8 Å². The van der Waals surface area contributed by atoms with E-state index in [4.69, 9.17) is 10.2 Å². The summed E-state index contributed by atoms with van der Waals surface area (Å²) in [6.45, 7) is 0. The lowest BCUT2D eigenvalue weighted by Crippen LogP contribution is -1.85. The van der Waals surface area contributed by atoms with E-state index in [0.717, 1.165) is 0 Å². The number of aromatic nitrogens is 1. The molecule has 2 aromatic heterocycles. The van der Waals surface area contributed by atoms with Crippen molar-refractivity contribution in [3.05, 3.63) is 52.8 Å². The molecule has 2 N–H and O–H groups in total. The van der Waals surface area contributed by atoms with Crippen LogP contribution in [0.4, 0.5) is 21.5 Å². The second kappa shape index (κ2) is 5.74.